The third-order valence-electron chi connectivity index (χ3n) is 5.87. The molecule has 1 fully saturated rings. The van der Waals surface area contributed by atoms with E-state index in [9.17, 15) is 19.1 Å². The highest BCUT2D eigenvalue weighted by Gasteiger charge is 2.45. The molecule has 5 nitrogen and oxygen atoms in total. The Hall–Kier alpha value is -3.15. The van der Waals surface area contributed by atoms with E-state index in [-0.39, 0.29) is 11.3 Å². The predicted octanol–water partition coefficient (Wildman–Crippen LogP) is 6.01. The van der Waals surface area contributed by atoms with Crippen LogP contribution < -0.4 is 4.74 Å². The molecule has 1 heterocycles. The number of benzene rings is 2. The molecule has 0 saturated carbocycles. The summed E-state index contributed by atoms with van der Waals surface area (Å²) >= 11 is 0. The number of rotatable bonds is 11. The lowest BCUT2D eigenvalue weighted by Crippen LogP contribution is -2.30. The van der Waals surface area contributed by atoms with Gasteiger partial charge in [0.25, 0.3) is 11.7 Å². The van der Waals surface area contributed by atoms with E-state index in [0.717, 1.165) is 38.5 Å². The van der Waals surface area contributed by atoms with Crippen LogP contribution in [0.4, 0.5) is 4.39 Å². The Bertz CT molecular complexity index is 982. The van der Waals surface area contributed by atoms with E-state index in [1.807, 2.05) is 0 Å². The number of ether oxygens (including phenoxy) is 1. The lowest BCUT2D eigenvalue weighted by molar-refractivity contribution is -0.139. The van der Waals surface area contributed by atoms with Crippen molar-refractivity contribution in [1.29, 1.82) is 0 Å². The van der Waals surface area contributed by atoms with E-state index >= 15 is 0 Å². The van der Waals surface area contributed by atoms with Gasteiger partial charge in [0.05, 0.1) is 18.2 Å². The van der Waals surface area contributed by atoms with E-state index in [1.165, 1.54) is 17.0 Å². The van der Waals surface area contributed by atoms with Crippen molar-refractivity contribution in [3.63, 3.8) is 0 Å². The Morgan fingerprint density at radius 2 is 1.58 bits per heavy atom. The van der Waals surface area contributed by atoms with Crippen LogP contribution in [0.2, 0.25) is 0 Å². The smallest absolute Gasteiger partial charge is 0.295 e. The van der Waals surface area contributed by atoms with Gasteiger partial charge in [-0.2, -0.15) is 0 Å². The molecule has 6 heteroatoms. The molecule has 2 aromatic carbocycles. The topological polar surface area (TPSA) is 66.8 Å². The van der Waals surface area contributed by atoms with Crippen molar-refractivity contribution < 1.29 is 23.8 Å². The fourth-order valence-electron chi connectivity index (χ4n) is 4.04. The van der Waals surface area contributed by atoms with E-state index in [4.69, 9.17) is 4.74 Å². The van der Waals surface area contributed by atoms with Crippen LogP contribution in [0.1, 0.15) is 69.5 Å². The number of amides is 1. The van der Waals surface area contributed by atoms with E-state index in [1.54, 1.807) is 36.4 Å². The van der Waals surface area contributed by atoms with Crippen LogP contribution in [-0.2, 0) is 9.59 Å². The molecule has 0 radical (unpaired) electrons. The molecular weight excluding hydrogens is 421 g/mol. The van der Waals surface area contributed by atoms with Crippen LogP contribution in [0.3, 0.4) is 0 Å². The minimum atomic E-state index is -0.757. The average molecular weight is 454 g/mol. The van der Waals surface area contributed by atoms with Crippen LogP contribution in [0.5, 0.6) is 5.75 Å². The van der Waals surface area contributed by atoms with Gasteiger partial charge in [0.1, 0.15) is 17.3 Å². The van der Waals surface area contributed by atoms with Gasteiger partial charge in [-0.1, -0.05) is 51.7 Å². The Morgan fingerprint density at radius 3 is 2.21 bits per heavy atom. The molecule has 1 saturated heterocycles. The molecule has 176 valence electrons. The fraction of sp³-hybridized carbons (Fsp3) is 0.407. The molecule has 0 aromatic heterocycles. The van der Waals surface area contributed by atoms with Crippen molar-refractivity contribution in [3.8, 4) is 5.75 Å². The first-order chi connectivity index (χ1) is 16.0. The zero-order valence-corrected chi connectivity index (χ0v) is 19.4. The molecule has 1 atom stereocenters. The largest absolute Gasteiger partial charge is 0.507 e. The summed E-state index contributed by atoms with van der Waals surface area (Å²) in [5.41, 5.74) is 1.04. The molecule has 33 heavy (non-hydrogen) atoms. The van der Waals surface area contributed by atoms with Gasteiger partial charge in [0.2, 0.25) is 0 Å². The highest BCUT2D eigenvalue weighted by molar-refractivity contribution is 6.46. The molecule has 1 aliphatic heterocycles. The first kappa shape index (κ1) is 24.5. The SMILES string of the molecule is CCCCCOc1ccc(/C(O)=C2/C(=O)C(=O)N(CCCCC)C2c2ccc(F)cc2)cc1. The Labute approximate surface area is 194 Å². The monoisotopic (exact) mass is 453 g/mol. The van der Waals surface area contributed by atoms with Crippen molar-refractivity contribution in [2.24, 2.45) is 0 Å². The van der Waals surface area contributed by atoms with Gasteiger partial charge in [-0.05, 0) is 54.8 Å². The van der Waals surface area contributed by atoms with Crippen molar-refractivity contribution in [1.82, 2.24) is 4.90 Å². The summed E-state index contributed by atoms with van der Waals surface area (Å²) in [4.78, 5) is 27.3. The average Bonchev–Trinajstić information content (AvgIpc) is 3.07. The van der Waals surface area contributed by atoms with Crippen LogP contribution >= 0.6 is 0 Å². The van der Waals surface area contributed by atoms with Gasteiger partial charge < -0.3 is 14.7 Å². The number of ketones is 1. The van der Waals surface area contributed by atoms with Gasteiger partial charge in [-0.15, -0.1) is 0 Å². The number of carbonyl (C=O) groups is 2. The van der Waals surface area contributed by atoms with E-state index in [0.29, 0.717) is 30.0 Å². The molecule has 0 spiro atoms. The molecule has 1 amide bonds. The van der Waals surface area contributed by atoms with E-state index < -0.39 is 23.5 Å². The molecule has 2 aromatic rings. The Balaban J connectivity index is 1.93. The molecule has 3 rings (SSSR count). The molecule has 0 bridgehead atoms. The lowest BCUT2D eigenvalue weighted by Gasteiger charge is -2.25. The minimum absolute atomic E-state index is 0.0275. The van der Waals surface area contributed by atoms with Gasteiger partial charge in [0.15, 0.2) is 0 Å². The number of unbranched alkanes of at least 4 members (excludes halogenated alkanes) is 4. The number of likely N-dealkylation sites (tertiary alicyclic amines) is 1. The van der Waals surface area contributed by atoms with E-state index in [2.05, 4.69) is 13.8 Å². The zero-order chi connectivity index (χ0) is 23.8. The number of aliphatic hydroxyl groups excluding tert-OH is 1. The maximum atomic E-state index is 13.5. The van der Waals surface area contributed by atoms with Crippen LogP contribution in [0.25, 0.3) is 5.76 Å². The molecule has 1 N–H and O–H groups in total. The fourth-order valence-corrected chi connectivity index (χ4v) is 4.04. The summed E-state index contributed by atoms with van der Waals surface area (Å²) in [6.45, 7) is 5.20. The molecule has 0 aliphatic carbocycles. The standard InChI is InChI=1S/C27H32FNO4/c1-3-5-7-17-29-24(19-9-13-21(28)14-10-19)23(26(31)27(29)32)25(30)20-11-15-22(16-12-20)33-18-8-6-4-2/h9-16,24,30H,3-8,17-18H2,1-2H3/b25-23-. The molecule has 1 unspecified atom stereocenters. The maximum absolute atomic E-state index is 13.5. The first-order valence-corrected chi connectivity index (χ1v) is 11.7. The number of carbonyl (C=O) groups excluding carboxylic acids is 2. The number of hydrogen-bond donors (Lipinski definition) is 1. The number of hydrogen-bond acceptors (Lipinski definition) is 4. The Morgan fingerprint density at radius 1 is 0.939 bits per heavy atom. The van der Waals surface area contributed by atoms with Gasteiger partial charge >= 0.3 is 0 Å². The normalized spacial score (nSPS) is 17.5. The summed E-state index contributed by atoms with van der Waals surface area (Å²) in [5.74, 6) is -1.33. The molecule has 1 aliphatic rings. The number of aliphatic hydroxyl groups is 1. The van der Waals surface area contributed by atoms with Crippen molar-refractivity contribution in [3.05, 3.63) is 71.0 Å². The summed E-state index contributed by atoms with van der Waals surface area (Å²) < 4.78 is 19.3. The summed E-state index contributed by atoms with van der Waals surface area (Å²) in [5, 5.41) is 11.1. The van der Waals surface area contributed by atoms with Gasteiger partial charge in [0, 0.05) is 12.1 Å². The van der Waals surface area contributed by atoms with Gasteiger partial charge in [-0.25, -0.2) is 4.39 Å². The molecular formula is C27H32FNO4. The number of nitrogens with zero attached hydrogens (tertiary/aromatic N) is 1. The highest BCUT2D eigenvalue weighted by Crippen LogP contribution is 2.39. The zero-order valence-electron chi connectivity index (χ0n) is 19.4. The second kappa shape index (κ2) is 11.6. The van der Waals surface area contributed by atoms with Crippen molar-refractivity contribution in [2.45, 2.75) is 58.4 Å². The minimum Gasteiger partial charge on any atom is -0.507 e. The van der Waals surface area contributed by atoms with Crippen molar-refractivity contribution >= 4 is 17.4 Å². The Kier molecular flexibility index (Phi) is 8.64. The second-order valence-electron chi connectivity index (χ2n) is 8.33. The van der Waals surface area contributed by atoms with Crippen LogP contribution in [0, 0.1) is 5.82 Å². The van der Waals surface area contributed by atoms with Crippen molar-refractivity contribution in [2.75, 3.05) is 13.2 Å². The lowest BCUT2D eigenvalue weighted by atomic mass is 9.95. The van der Waals surface area contributed by atoms with Crippen LogP contribution in [-0.4, -0.2) is 34.8 Å². The summed E-state index contributed by atoms with van der Waals surface area (Å²) in [6.07, 6.45) is 5.81. The predicted molar refractivity (Wildman–Crippen MR) is 126 cm³/mol. The maximum Gasteiger partial charge on any atom is 0.295 e. The summed E-state index contributed by atoms with van der Waals surface area (Å²) in [7, 11) is 0. The van der Waals surface area contributed by atoms with Crippen LogP contribution in [0.15, 0.2) is 54.1 Å². The first-order valence-electron chi connectivity index (χ1n) is 11.7. The third kappa shape index (κ3) is 5.81. The number of halogens is 1. The number of Topliss-reactive ketones (excluding diaryl/α,β-unsaturated/α-hetero) is 1. The summed E-state index contributed by atoms with van der Waals surface area (Å²) in [6, 6.07) is 11.8. The van der Waals surface area contributed by atoms with Gasteiger partial charge in [-0.3, -0.25) is 9.59 Å². The quantitative estimate of drug-likeness (QED) is 0.196. The third-order valence-corrected chi connectivity index (χ3v) is 5.87. The second-order valence-corrected chi connectivity index (χ2v) is 8.33. The highest BCUT2D eigenvalue weighted by atomic mass is 19.1.